The minimum atomic E-state index is 0.985. The van der Waals surface area contributed by atoms with Crippen LogP contribution < -0.4 is 10.6 Å². The molecule has 4 heteroatoms. The Morgan fingerprint density at radius 1 is 1.09 bits per heavy atom. The molecule has 0 fully saturated rings. The molecule has 2 aromatic heterocycles. The van der Waals surface area contributed by atoms with E-state index in [1.54, 1.807) is 0 Å². The van der Waals surface area contributed by atoms with Crippen LogP contribution in [0.1, 0.15) is 22.4 Å². The van der Waals surface area contributed by atoms with Gasteiger partial charge in [-0.3, -0.25) is 0 Å². The summed E-state index contributed by atoms with van der Waals surface area (Å²) in [5.74, 6) is 0. The van der Waals surface area contributed by atoms with E-state index in [1.807, 2.05) is 17.5 Å². The number of H-pyrrole nitrogens is 1. The third-order valence-corrected chi connectivity index (χ3v) is 5.83. The number of fused-ring (bicyclic) bond motifs is 1. The maximum absolute atomic E-state index is 3.64. The van der Waals surface area contributed by atoms with Gasteiger partial charge in [0.25, 0.3) is 0 Å². The number of anilines is 2. The molecule has 23 heavy (non-hydrogen) atoms. The van der Waals surface area contributed by atoms with Crippen molar-refractivity contribution in [2.24, 2.45) is 0 Å². The van der Waals surface area contributed by atoms with E-state index in [0.717, 1.165) is 19.5 Å². The number of aromatic amines is 1. The van der Waals surface area contributed by atoms with Crippen LogP contribution in [0.4, 0.5) is 11.4 Å². The van der Waals surface area contributed by atoms with Gasteiger partial charge < -0.3 is 15.6 Å². The second kappa shape index (κ2) is 5.87. The van der Waals surface area contributed by atoms with Gasteiger partial charge in [-0.15, -0.1) is 11.3 Å². The maximum atomic E-state index is 3.64. The zero-order valence-electron chi connectivity index (χ0n) is 13.5. The van der Waals surface area contributed by atoms with Crippen LogP contribution in [0.5, 0.6) is 0 Å². The van der Waals surface area contributed by atoms with Crippen molar-refractivity contribution >= 4 is 39.2 Å². The minimum Gasteiger partial charge on any atom is -0.361 e. The van der Waals surface area contributed by atoms with Gasteiger partial charge >= 0.3 is 0 Å². The second-order valence-electron chi connectivity index (χ2n) is 6.09. The number of aromatic nitrogens is 1. The molecule has 1 aliphatic heterocycles. The summed E-state index contributed by atoms with van der Waals surface area (Å²) in [6.07, 6.45) is 5.44. The van der Waals surface area contributed by atoms with Crippen molar-refractivity contribution in [2.45, 2.75) is 20.3 Å². The van der Waals surface area contributed by atoms with Crippen molar-refractivity contribution < 1.29 is 0 Å². The molecule has 1 aliphatic rings. The molecule has 0 bridgehead atoms. The van der Waals surface area contributed by atoms with Crippen LogP contribution in [0, 0.1) is 13.8 Å². The zero-order valence-corrected chi connectivity index (χ0v) is 14.3. The molecule has 0 atom stereocenters. The molecule has 3 nitrogen and oxygen atoms in total. The lowest BCUT2D eigenvalue weighted by atomic mass is 10.0. The van der Waals surface area contributed by atoms with Crippen LogP contribution >= 0.6 is 11.3 Å². The SMILES string of the molecule is Cc1c(Nc2ccc3[nH]ccc3c2C)csc1C1=CCNCC1. The van der Waals surface area contributed by atoms with Gasteiger partial charge in [0, 0.05) is 39.6 Å². The van der Waals surface area contributed by atoms with E-state index >= 15 is 0 Å². The van der Waals surface area contributed by atoms with Gasteiger partial charge in [-0.25, -0.2) is 0 Å². The van der Waals surface area contributed by atoms with E-state index in [9.17, 15) is 0 Å². The number of benzene rings is 1. The van der Waals surface area contributed by atoms with Gasteiger partial charge in [-0.1, -0.05) is 6.08 Å². The van der Waals surface area contributed by atoms with Crippen molar-refractivity contribution in [1.82, 2.24) is 10.3 Å². The Bertz CT molecular complexity index is 885. The minimum absolute atomic E-state index is 0.985. The van der Waals surface area contributed by atoms with Crippen molar-refractivity contribution in [1.29, 1.82) is 0 Å². The first-order chi connectivity index (χ1) is 11.2. The van der Waals surface area contributed by atoms with E-state index < -0.39 is 0 Å². The number of aryl methyl sites for hydroxylation is 1. The van der Waals surface area contributed by atoms with Gasteiger partial charge in [-0.05, 0) is 61.7 Å². The van der Waals surface area contributed by atoms with Crippen LogP contribution in [0.2, 0.25) is 0 Å². The molecule has 0 saturated heterocycles. The molecule has 118 valence electrons. The zero-order chi connectivity index (χ0) is 15.8. The van der Waals surface area contributed by atoms with Gasteiger partial charge in [0.05, 0.1) is 5.69 Å². The number of rotatable bonds is 3. The first kappa shape index (κ1) is 14.5. The molecule has 0 saturated carbocycles. The Morgan fingerprint density at radius 3 is 2.83 bits per heavy atom. The van der Waals surface area contributed by atoms with Crippen LogP contribution in [0.25, 0.3) is 16.5 Å². The smallest absolute Gasteiger partial charge is 0.0529 e. The molecule has 0 aliphatic carbocycles. The quantitative estimate of drug-likeness (QED) is 0.637. The highest BCUT2D eigenvalue weighted by Crippen LogP contribution is 2.36. The van der Waals surface area contributed by atoms with E-state index in [4.69, 9.17) is 0 Å². The second-order valence-corrected chi connectivity index (χ2v) is 6.97. The fourth-order valence-corrected chi connectivity index (χ4v) is 4.34. The Balaban J connectivity index is 1.67. The molecule has 0 radical (unpaired) electrons. The summed E-state index contributed by atoms with van der Waals surface area (Å²) in [5.41, 5.74) is 7.73. The monoisotopic (exact) mass is 323 g/mol. The largest absolute Gasteiger partial charge is 0.361 e. The first-order valence-electron chi connectivity index (χ1n) is 8.06. The number of thiophene rings is 1. The van der Waals surface area contributed by atoms with Gasteiger partial charge in [0.1, 0.15) is 0 Å². The fourth-order valence-electron chi connectivity index (χ4n) is 3.25. The topological polar surface area (TPSA) is 39.9 Å². The highest BCUT2D eigenvalue weighted by atomic mass is 32.1. The fraction of sp³-hybridized carbons (Fsp3) is 0.263. The van der Waals surface area contributed by atoms with Crippen LogP contribution in [0.3, 0.4) is 0 Å². The molecule has 0 unspecified atom stereocenters. The molecule has 0 amide bonds. The molecule has 0 spiro atoms. The summed E-state index contributed by atoms with van der Waals surface area (Å²) in [5, 5.41) is 10.5. The summed E-state index contributed by atoms with van der Waals surface area (Å²) >= 11 is 1.85. The molecule has 3 aromatic rings. The Hall–Kier alpha value is -2.04. The van der Waals surface area contributed by atoms with E-state index in [2.05, 4.69) is 59.1 Å². The van der Waals surface area contributed by atoms with Crippen molar-refractivity contribution in [3.8, 4) is 0 Å². The number of hydrogen-bond acceptors (Lipinski definition) is 3. The maximum Gasteiger partial charge on any atom is 0.0529 e. The summed E-state index contributed by atoms with van der Waals surface area (Å²) in [6, 6.07) is 6.44. The first-order valence-corrected chi connectivity index (χ1v) is 8.94. The van der Waals surface area contributed by atoms with Gasteiger partial charge in [0.15, 0.2) is 0 Å². The molecule has 1 aromatic carbocycles. The van der Waals surface area contributed by atoms with Crippen molar-refractivity contribution in [3.63, 3.8) is 0 Å². The van der Waals surface area contributed by atoms with Crippen molar-refractivity contribution in [3.05, 3.63) is 51.9 Å². The predicted molar refractivity (Wildman–Crippen MR) is 101 cm³/mol. The van der Waals surface area contributed by atoms with Crippen LogP contribution in [-0.2, 0) is 0 Å². The van der Waals surface area contributed by atoms with E-state index in [0.29, 0.717) is 0 Å². The lowest BCUT2D eigenvalue weighted by Gasteiger charge is -2.14. The normalized spacial score (nSPS) is 15.0. The number of nitrogens with one attached hydrogen (secondary N) is 3. The van der Waals surface area contributed by atoms with Gasteiger partial charge in [-0.2, -0.15) is 0 Å². The molecule has 4 rings (SSSR count). The van der Waals surface area contributed by atoms with E-state index in [1.165, 1.54) is 43.9 Å². The third kappa shape index (κ3) is 2.58. The predicted octanol–water partition coefficient (Wildman–Crippen LogP) is 4.97. The Kier molecular flexibility index (Phi) is 3.71. The average Bonchev–Trinajstić information content (AvgIpc) is 3.19. The summed E-state index contributed by atoms with van der Waals surface area (Å²) in [7, 11) is 0. The summed E-state index contributed by atoms with van der Waals surface area (Å²) in [4.78, 5) is 4.70. The van der Waals surface area contributed by atoms with Crippen molar-refractivity contribution in [2.75, 3.05) is 18.4 Å². The lowest BCUT2D eigenvalue weighted by molar-refractivity contribution is 0.739. The molecule has 3 heterocycles. The summed E-state index contributed by atoms with van der Waals surface area (Å²) < 4.78 is 0. The lowest BCUT2D eigenvalue weighted by Crippen LogP contribution is -2.19. The highest BCUT2D eigenvalue weighted by Gasteiger charge is 2.14. The Labute approximate surface area is 140 Å². The molecule has 3 N–H and O–H groups in total. The van der Waals surface area contributed by atoms with Crippen LogP contribution in [-0.4, -0.2) is 18.1 Å². The van der Waals surface area contributed by atoms with Gasteiger partial charge in [0.2, 0.25) is 0 Å². The highest BCUT2D eigenvalue weighted by molar-refractivity contribution is 7.11. The third-order valence-electron chi connectivity index (χ3n) is 4.67. The number of hydrogen-bond donors (Lipinski definition) is 3. The standard InChI is InChI=1S/C19H21N3S/c1-12-15-7-10-21-17(15)4-3-16(12)22-18-11-23-19(13(18)2)14-5-8-20-9-6-14/h3-5,7,10-11,20-22H,6,8-9H2,1-2H3. The van der Waals surface area contributed by atoms with Crippen LogP contribution in [0.15, 0.2) is 35.9 Å². The molecular formula is C19H21N3S. The van der Waals surface area contributed by atoms with E-state index in [-0.39, 0.29) is 0 Å². The average molecular weight is 323 g/mol. The Morgan fingerprint density at radius 2 is 2.00 bits per heavy atom. The molecular weight excluding hydrogens is 302 g/mol. The summed E-state index contributed by atoms with van der Waals surface area (Å²) in [6.45, 7) is 6.46.